The summed E-state index contributed by atoms with van der Waals surface area (Å²) in [6, 6.07) is 8.57. The lowest BCUT2D eigenvalue weighted by Crippen LogP contribution is -2.41. The second-order valence-corrected chi connectivity index (χ2v) is 8.02. The third kappa shape index (κ3) is 4.66. The first kappa shape index (κ1) is 16.2. The van der Waals surface area contributed by atoms with E-state index in [1.807, 2.05) is 19.2 Å². The Morgan fingerprint density at radius 3 is 2.65 bits per heavy atom. The zero-order valence-electron chi connectivity index (χ0n) is 12.6. The summed E-state index contributed by atoms with van der Waals surface area (Å²) in [5.41, 5.74) is 1.28. The Bertz CT molecular complexity index is 417. The molecule has 1 fully saturated rings. The van der Waals surface area contributed by atoms with Gasteiger partial charge >= 0.3 is 0 Å². The molecule has 2 rings (SSSR count). The molecule has 1 N–H and O–H groups in total. The van der Waals surface area contributed by atoms with Crippen LogP contribution in [0.15, 0.2) is 24.3 Å². The lowest BCUT2D eigenvalue weighted by molar-refractivity contribution is 0.256. The fourth-order valence-corrected chi connectivity index (χ4v) is 4.57. The molecular weight excluding hydrogens is 288 g/mol. The van der Waals surface area contributed by atoms with E-state index < -0.39 is 0 Å². The van der Waals surface area contributed by atoms with Gasteiger partial charge in [-0.1, -0.05) is 37.6 Å². The normalized spacial score (nSPS) is 25.6. The van der Waals surface area contributed by atoms with Gasteiger partial charge in [0.15, 0.2) is 0 Å². The van der Waals surface area contributed by atoms with Crippen LogP contribution in [-0.4, -0.2) is 42.1 Å². The molecular formula is C16H25ClN2S. The van der Waals surface area contributed by atoms with Crippen molar-refractivity contribution >= 4 is 23.4 Å². The molecule has 1 aromatic rings. The molecule has 0 radical (unpaired) electrons. The summed E-state index contributed by atoms with van der Waals surface area (Å²) in [6.45, 7) is 8.23. The van der Waals surface area contributed by atoms with Crippen molar-refractivity contribution in [2.24, 2.45) is 0 Å². The largest absolute Gasteiger partial charge is 0.313 e. The van der Waals surface area contributed by atoms with Gasteiger partial charge in [0.25, 0.3) is 0 Å². The minimum absolute atomic E-state index is 0.383. The van der Waals surface area contributed by atoms with Crippen molar-refractivity contribution < 1.29 is 0 Å². The van der Waals surface area contributed by atoms with Crippen molar-refractivity contribution in [3.8, 4) is 0 Å². The quantitative estimate of drug-likeness (QED) is 0.890. The summed E-state index contributed by atoms with van der Waals surface area (Å²) in [4.78, 5) is 2.60. The molecule has 112 valence electrons. The van der Waals surface area contributed by atoms with Crippen LogP contribution in [0.4, 0.5) is 0 Å². The minimum Gasteiger partial charge on any atom is -0.313 e. The van der Waals surface area contributed by atoms with Gasteiger partial charge in [-0.25, -0.2) is 0 Å². The van der Waals surface area contributed by atoms with Gasteiger partial charge in [-0.15, -0.1) is 0 Å². The highest BCUT2D eigenvalue weighted by Gasteiger charge is 2.22. The molecule has 2 nitrogen and oxygen atoms in total. The number of benzene rings is 1. The van der Waals surface area contributed by atoms with E-state index in [0.717, 1.165) is 28.5 Å². The van der Waals surface area contributed by atoms with Gasteiger partial charge < -0.3 is 10.2 Å². The van der Waals surface area contributed by atoms with Crippen LogP contribution in [-0.2, 0) is 0 Å². The van der Waals surface area contributed by atoms with E-state index in [-0.39, 0.29) is 0 Å². The Hall–Kier alpha value is -0.220. The SMILES string of the molecule is CNC(CCN1CC(C)SC(C)C1)c1cccc(Cl)c1. The Balaban J connectivity index is 1.90. The molecule has 20 heavy (non-hydrogen) atoms. The number of hydrogen-bond acceptors (Lipinski definition) is 3. The molecule has 0 spiro atoms. The van der Waals surface area contributed by atoms with E-state index in [4.69, 9.17) is 11.6 Å². The molecule has 0 amide bonds. The van der Waals surface area contributed by atoms with E-state index in [2.05, 4.69) is 48.0 Å². The van der Waals surface area contributed by atoms with Crippen molar-refractivity contribution in [2.45, 2.75) is 36.8 Å². The van der Waals surface area contributed by atoms with Crippen LogP contribution < -0.4 is 5.32 Å². The Morgan fingerprint density at radius 2 is 2.05 bits per heavy atom. The first-order chi connectivity index (χ1) is 9.58. The number of hydrogen-bond donors (Lipinski definition) is 1. The lowest BCUT2D eigenvalue weighted by atomic mass is 10.0. The molecule has 4 heteroatoms. The van der Waals surface area contributed by atoms with Gasteiger partial charge in [0, 0.05) is 41.2 Å². The van der Waals surface area contributed by atoms with Crippen LogP contribution in [0.25, 0.3) is 0 Å². The van der Waals surface area contributed by atoms with E-state index >= 15 is 0 Å². The second-order valence-electron chi connectivity index (χ2n) is 5.70. The average Bonchev–Trinajstić information content (AvgIpc) is 2.38. The molecule has 1 aliphatic heterocycles. The van der Waals surface area contributed by atoms with Crippen molar-refractivity contribution in [3.05, 3.63) is 34.9 Å². The standard InChI is InChI=1S/C16H25ClN2S/c1-12-10-19(11-13(2)20-12)8-7-16(18-3)14-5-4-6-15(17)9-14/h4-6,9,12-13,16,18H,7-8,10-11H2,1-3H3. The number of halogens is 1. The van der Waals surface area contributed by atoms with Crippen molar-refractivity contribution in [2.75, 3.05) is 26.7 Å². The van der Waals surface area contributed by atoms with Crippen LogP contribution in [0.2, 0.25) is 5.02 Å². The maximum Gasteiger partial charge on any atom is 0.0409 e. The molecule has 0 aromatic heterocycles. The Labute approximate surface area is 132 Å². The highest BCUT2D eigenvalue weighted by atomic mass is 35.5. The van der Waals surface area contributed by atoms with Crippen LogP contribution in [0.3, 0.4) is 0 Å². The summed E-state index contributed by atoms with van der Waals surface area (Å²) in [5.74, 6) is 0. The number of nitrogens with one attached hydrogen (secondary N) is 1. The molecule has 3 unspecified atom stereocenters. The van der Waals surface area contributed by atoms with Crippen LogP contribution in [0.1, 0.15) is 31.9 Å². The molecule has 0 aliphatic carbocycles. The number of nitrogens with zero attached hydrogens (tertiary/aromatic N) is 1. The summed E-state index contributed by atoms with van der Waals surface area (Å²) in [7, 11) is 2.03. The monoisotopic (exact) mass is 312 g/mol. The molecule has 1 aromatic carbocycles. The maximum atomic E-state index is 6.09. The Morgan fingerprint density at radius 1 is 1.35 bits per heavy atom. The summed E-state index contributed by atoms with van der Waals surface area (Å²) in [6.07, 6.45) is 1.13. The summed E-state index contributed by atoms with van der Waals surface area (Å²) >= 11 is 8.20. The topological polar surface area (TPSA) is 15.3 Å². The first-order valence-corrected chi connectivity index (χ1v) is 8.71. The average molecular weight is 313 g/mol. The Kier molecular flexibility index (Phi) is 6.21. The van der Waals surface area contributed by atoms with Crippen LogP contribution in [0.5, 0.6) is 0 Å². The molecule has 3 atom stereocenters. The highest BCUT2D eigenvalue weighted by Crippen LogP contribution is 2.26. The van der Waals surface area contributed by atoms with Crippen molar-refractivity contribution in [3.63, 3.8) is 0 Å². The van der Waals surface area contributed by atoms with E-state index in [1.165, 1.54) is 18.7 Å². The van der Waals surface area contributed by atoms with E-state index in [1.54, 1.807) is 0 Å². The van der Waals surface area contributed by atoms with Gasteiger partial charge in [0.2, 0.25) is 0 Å². The number of rotatable bonds is 5. The third-order valence-corrected chi connectivity index (χ3v) is 5.29. The van der Waals surface area contributed by atoms with Gasteiger partial charge in [0.05, 0.1) is 0 Å². The van der Waals surface area contributed by atoms with Crippen LogP contribution >= 0.6 is 23.4 Å². The van der Waals surface area contributed by atoms with Gasteiger partial charge in [0.1, 0.15) is 0 Å². The summed E-state index contributed by atoms with van der Waals surface area (Å²) in [5, 5.41) is 5.73. The van der Waals surface area contributed by atoms with Gasteiger partial charge in [-0.2, -0.15) is 11.8 Å². The third-order valence-electron chi connectivity index (χ3n) is 3.83. The smallest absolute Gasteiger partial charge is 0.0409 e. The lowest BCUT2D eigenvalue weighted by Gasteiger charge is -2.35. The maximum absolute atomic E-state index is 6.09. The minimum atomic E-state index is 0.383. The zero-order chi connectivity index (χ0) is 14.5. The fraction of sp³-hybridized carbons (Fsp3) is 0.625. The van der Waals surface area contributed by atoms with Gasteiger partial charge in [-0.05, 0) is 31.2 Å². The van der Waals surface area contributed by atoms with Crippen LogP contribution in [0, 0.1) is 0 Å². The van der Waals surface area contributed by atoms with E-state index in [9.17, 15) is 0 Å². The predicted molar refractivity (Wildman–Crippen MR) is 90.8 cm³/mol. The van der Waals surface area contributed by atoms with Crippen molar-refractivity contribution in [1.29, 1.82) is 0 Å². The summed E-state index contributed by atoms with van der Waals surface area (Å²) < 4.78 is 0. The number of thioether (sulfide) groups is 1. The van der Waals surface area contributed by atoms with Crippen molar-refractivity contribution in [1.82, 2.24) is 10.2 Å². The molecule has 1 aliphatic rings. The highest BCUT2D eigenvalue weighted by molar-refractivity contribution is 8.00. The van der Waals surface area contributed by atoms with E-state index in [0.29, 0.717) is 6.04 Å². The fourth-order valence-electron chi connectivity index (χ4n) is 2.98. The molecule has 0 bridgehead atoms. The molecule has 0 saturated carbocycles. The predicted octanol–water partition coefficient (Wildman–Crippen LogP) is 3.82. The van der Waals surface area contributed by atoms with Gasteiger partial charge in [-0.3, -0.25) is 0 Å². The molecule has 1 saturated heterocycles. The second kappa shape index (κ2) is 7.69. The molecule has 1 heterocycles. The first-order valence-electron chi connectivity index (χ1n) is 7.39. The zero-order valence-corrected chi connectivity index (χ0v) is 14.2.